The van der Waals surface area contributed by atoms with Gasteiger partial charge in [-0.25, -0.2) is 0 Å². The lowest BCUT2D eigenvalue weighted by Crippen LogP contribution is -1.87. The summed E-state index contributed by atoms with van der Waals surface area (Å²) in [5.41, 5.74) is 2.13. The van der Waals surface area contributed by atoms with Gasteiger partial charge in [0.05, 0.1) is 0 Å². The Hall–Kier alpha value is -1.63. The summed E-state index contributed by atoms with van der Waals surface area (Å²) >= 11 is 0. The van der Waals surface area contributed by atoms with Crippen molar-refractivity contribution in [1.82, 2.24) is 0 Å². The van der Waals surface area contributed by atoms with Gasteiger partial charge >= 0.3 is 0 Å². The molecule has 0 heterocycles. The molecule has 0 N–H and O–H groups in total. The number of aldehydes is 1. The minimum absolute atomic E-state index is 0.755. The van der Waals surface area contributed by atoms with E-state index in [9.17, 15) is 4.79 Å². The maximum Gasteiger partial charge on any atom is 0.150 e. The van der Waals surface area contributed by atoms with Crippen molar-refractivity contribution in [2.24, 2.45) is 0 Å². The molecule has 94 valence electrons. The average molecular weight is 240 g/mol. The SMILES string of the molecule is CCCCCCc1ccc2ccc(C=O)cc2c1. The highest BCUT2D eigenvalue weighted by Gasteiger charge is 1.99. The van der Waals surface area contributed by atoms with E-state index in [-0.39, 0.29) is 0 Å². The Labute approximate surface area is 109 Å². The van der Waals surface area contributed by atoms with Crippen LogP contribution in [-0.2, 0) is 6.42 Å². The quantitative estimate of drug-likeness (QED) is 0.525. The summed E-state index contributed by atoms with van der Waals surface area (Å²) in [4.78, 5) is 10.8. The molecule has 0 unspecified atom stereocenters. The molecule has 0 spiro atoms. The fourth-order valence-corrected chi connectivity index (χ4v) is 2.30. The lowest BCUT2D eigenvalue weighted by molar-refractivity contribution is 0.112. The molecular formula is C17H20O. The lowest BCUT2D eigenvalue weighted by atomic mass is 10.0. The predicted octanol–water partition coefficient (Wildman–Crippen LogP) is 4.78. The van der Waals surface area contributed by atoms with Crippen LogP contribution < -0.4 is 0 Å². The molecule has 0 saturated heterocycles. The van der Waals surface area contributed by atoms with Crippen molar-refractivity contribution in [3.8, 4) is 0 Å². The Morgan fingerprint density at radius 2 is 1.78 bits per heavy atom. The molecule has 1 heteroatoms. The van der Waals surface area contributed by atoms with E-state index < -0.39 is 0 Å². The van der Waals surface area contributed by atoms with Gasteiger partial charge in [0.25, 0.3) is 0 Å². The molecule has 0 fully saturated rings. The van der Waals surface area contributed by atoms with Gasteiger partial charge < -0.3 is 0 Å². The number of hydrogen-bond acceptors (Lipinski definition) is 1. The highest BCUT2D eigenvalue weighted by molar-refractivity contribution is 5.89. The lowest BCUT2D eigenvalue weighted by Gasteiger charge is -2.04. The Morgan fingerprint density at radius 3 is 2.56 bits per heavy atom. The topological polar surface area (TPSA) is 17.1 Å². The number of aryl methyl sites for hydroxylation is 1. The molecular weight excluding hydrogens is 220 g/mol. The molecule has 0 atom stereocenters. The molecule has 2 rings (SSSR count). The fourth-order valence-electron chi connectivity index (χ4n) is 2.30. The second-order valence-corrected chi connectivity index (χ2v) is 4.87. The van der Waals surface area contributed by atoms with E-state index in [4.69, 9.17) is 0 Å². The van der Waals surface area contributed by atoms with Gasteiger partial charge in [0.15, 0.2) is 0 Å². The van der Waals surface area contributed by atoms with Crippen LogP contribution in [0.25, 0.3) is 10.8 Å². The summed E-state index contributed by atoms with van der Waals surface area (Å²) in [6.45, 7) is 2.23. The third-order valence-corrected chi connectivity index (χ3v) is 3.38. The van der Waals surface area contributed by atoms with Crippen molar-refractivity contribution in [3.63, 3.8) is 0 Å². The van der Waals surface area contributed by atoms with E-state index in [2.05, 4.69) is 25.1 Å². The standard InChI is InChI=1S/C17H20O/c1-2-3-4-5-6-14-7-9-16-10-8-15(13-18)12-17(16)11-14/h7-13H,2-6H2,1H3. The second-order valence-electron chi connectivity index (χ2n) is 4.87. The Balaban J connectivity index is 2.12. The van der Waals surface area contributed by atoms with E-state index in [0.29, 0.717) is 0 Å². The van der Waals surface area contributed by atoms with Crippen LogP contribution >= 0.6 is 0 Å². The first kappa shape index (κ1) is 12.8. The van der Waals surface area contributed by atoms with Crippen molar-refractivity contribution >= 4 is 17.1 Å². The molecule has 0 aliphatic carbocycles. The van der Waals surface area contributed by atoms with Gasteiger partial charge in [0.2, 0.25) is 0 Å². The number of benzene rings is 2. The first-order valence-electron chi connectivity index (χ1n) is 6.81. The van der Waals surface area contributed by atoms with Crippen molar-refractivity contribution < 1.29 is 4.79 Å². The third kappa shape index (κ3) is 3.19. The minimum Gasteiger partial charge on any atom is -0.298 e. The van der Waals surface area contributed by atoms with Gasteiger partial charge in [0, 0.05) is 5.56 Å². The number of unbranched alkanes of at least 4 members (excludes halogenated alkanes) is 3. The molecule has 0 bridgehead atoms. The summed E-state index contributed by atoms with van der Waals surface area (Å²) in [7, 11) is 0. The van der Waals surface area contributed by atoms with Gasteiger partial charge in [-0.3, -0.25) is 4.79 Å². The smallest absolute Gasteiger partial charge is 0.150 e. The maximum absolute atomic E-state index is 10.8. The van der Waals surface area contributed by atoms with Crippen LogP contribution in [0.5, 0.6) is 0 Å². The van der Waals surface area contributed by atoms with Gasteiger partial charge in [0.1, 0.15) is 6.29 Å². The second kappa shape index (κ2) is 6.34. The zero-order valence-corrected chi connectivity index (χ0v) is 11.0. The number of carbonyl (C=O) groups is 1. The number of rotatable bonds is 6. The Kier molecular flexibility index (Phi) is 4.52. The van der Waals surface area contributed by atoms with Crippen LogP contribution in [0.4, 0.5) is 0 Å². The van der Waals surface area contributed by atoms with E-state index in [1.54, 1.807) is 0 Å². The number of fused-ring (bicyclic) bond motifs is 1. The summed E-state index contributed by atoms with van der Waals surface area (Å²) in [6, 6.07) is 12.4. The van der Waals surface area contributed by atoms with Gasteiger partial charge in [-0.15, -0.1) is 0 Å². The van der Waals surface area contributed by atoms with Crippen molar-refractivity contribution in [2.75, 3.05) is 0 Å². The number of hydrogen-bond donors (Lipinski definition) is 0. The zero-order valence-electron chi connectivity index (χ0n) is 11.0. The van der Waals surface area contributed by atoms with Gasteiger partial charge in [-0.05, 0) is 35.2 Å². The largest absolute Gasteiger partial charge is 0.298 e. The zero-order chi connectivity index (χ0) is 12.8. The first-order chi connectivity index (χ1) is 8.83. The molecule has 0 aliphatic heterocycles. The third-order valence-electron chi connectivity index (χ3n) is 3.38. The van der Waals surface area contributed by atoms with E-state index >= 15 is 0 Å². The van der Waals surface area contributed by atoms with Gasteiger partial charge in [-0.1, -0.05) is 56.5 Å². The number of carbonyl (C=O) groups excluding carboxylic acids is 1. The summed E-state index contributed by atoms with van der Waals surface area (Å²) in [6.07, 6.45) is 7.22. The van der Waals surface area contributed by atoms with Crippen molar-refractivity contribution in [3.05, 3.63) is 47.5 Å². The average Bonchev–Trinajstić information content (AvgIpc) is 2.42. The van der Waals surface area contributed by atoms with E-state index in [1.807, 2.05) is 18.2 Å². The fraction of sp³-hybridized carbons (Fsp3) is 0.353. The minimum atomic E-state index is 0.755. The summed E-state index contributed by atoms with van der Waals surface area (Å²) in [5, 5.41) is 2.38. The van der Waals surface area contributed by atoms with Crippen LogP contribution in [0, 0.1) is 0 Å². The Morgan fingerprint density at radius 1 is 0.944 bits per heavy atom. The van der Waals surface area contributed by atoms with Crippen LogP contribution in [0.2, 0.25) is 0 Å². The summed E-state index contributed by atoms with van der Waals surface area (Å²) in [5.74, 6) is 0. The normalized spacial score (nSPS) is 10.7. The van der Waals surface area contributed by atoms with E-state index in [0.717, 1.165) is 18.3 Å². The highest BCUT2D eigenvalue weighted by atomic mass is 16.1. The van der Waals surface area contributed by atoms with Gasteiger partial charge in [-0.2, -0.15) is 0 Å². The maximum atomic E-state index is 10.8. The molecule has 0 amide bonds. The van der Waals surface area contributed by atoms with Crippen LogP contribution in [0.15, 0.2) is 36.4 Å². The summed E-state index contributed by atoms with van der Waals surface area (Å²) < 4.78 is 0. The molecule has 0 radical (unpaired) electrons. The molecule has 0 saturated carbocycles. The molecule has 0 aromatic heterocycles. The van der Waals surface area contributed by atoms with Crippen LogP contribution in [0.3, 0.4) is 0 Å². The van der Waals surface area contributed by atoms with E-state index in [1.165, 1.54) is 42.0 Å². The van der Waals surface area contributed by atoms with Crippen molar-refractivity contribution in [2.45, 2.75) is 39.0 Å². The first-order valence-corrected chi connectivity index (χ1v) is 6.81. The monoisotopic (exact) mass is 240 g/mol. The van der Waals surface area contributed by atoms with Crippen molar-refractivity contribution in [1.29, 1.82) is 0 Å². The Bertz CT molecular complexity index is 528. The van der Waals surface area contributed by atoms with Crippen LogP contribution in [-0.4, -0.2) is 6.29 Å². The molecule has 0 aliphatic rings. The molecule has 2 aromatic rings. The molecule has 18 heavy (non-hydrogen) atoms. The predicted molar refractivity (Wildman–Crippen MR) is 77.2 cm³/mol. The van der Waals surface area contributed by atoms with Crippen LogP contribution in [0.1, 0.15) is 48.5 Å². The highest BCUT2D eigenvalue weighted by Crippen LogP contribution is 2.19. The molecule has 1 nitrogen and oxygen atoms in total. The molecule has 2 aromatic carbocycles.